The number of pyridine rings is 2. The van der Waals surface area contributed by atoms with Crippen molar-refractivity contribution in [1.82, 2.24) is 19.8 Å². The zero-order valence-corrected chi connectivity index (χ0v) is 31.7. The summed E-state index contributed by atoms with van der Waals surface area (Å²) in [6.45, 7) is 0.265. The number of ether oxygens (including phenoxy) is 3. The van der Waals surface area contributed by atoms with Crippen molar-refractivity contribution in [1.29, 1.82) is 0 Å². The van der Waals surface area contributed by atoms with Gasteiger partial charge in [-0.1, -0.05) is 54.1 Å². The second kappa shape index (κ2) is 19.4. The molecule has 3 aromatic carbocycles. The maximum atomic E-state index is 15.3. The summed E-state index contributed by atoms with van der Waals surface area (Å²) in [5.41, 5.74) is 3.96. The number of Topliss-reactive ketones (excluding diaryl/α,β-unsaturated/α-hetero) is 1. The maximum Gasteiger partial charge on any atom is 0.295 e. The lowest BCUT2D eigenvalue weighted by Gasteiger charge is -2.38. The van der Waals surface area contributed by atoms with Crippen LogP contribution >= 0.6 is 11.6 Å². The van der Waals surface area contributed by atoms with E-state index in [2.05, 4.69) is 9.97 Å². The standard InChI is InChI=1S/C43H45ClN4O6/c1-47(43(51)40(49)34-27-38(52-2)41(54-4)39(28-34)53-3)37(26-32-8-6-5-7-9-32)42(50)48(29-33-10-14-35(44)15-11-33)36(16-12-30-18-22-45-23-19-30)17-13-31-20-24-46-25-21-31/h5-11,14-15,18-25,27-28,36-37H,12-13,16-17,26,29H2,1-4H3. The van der Waals surface area contributed by atoms with Crippen LogP contribution < -0.4 is 14.2 Å². The van der Waals surface area contributed by atoms with Crippen LogP contribution in [0.3, 0.4) is 0 Å². The SMILES string of the molecule is COc1cc(C(=O)C(=O)N(C)C(Cc2ccccc2)C(=O)N(Cc2ccc(Cl)cc2)C(CCc2ccncc2)CCc2ccncc2)cc(OC)c1OC. The summed E-state index contributed by atoms with van der Waals surface area (Å²) in [6, 6.07) is 26.4. The molecule has 5 aromatic rings. The Balaban J connectivity index is 1.55. The van der Waals surface area contributed by atoms with Crippen molar-refractivity contribution < 1.29 is 28.6 Å². The molecule has 54 heavy (non-hydrogen) atoms. The van der Waals surface area contributed by atoms with E-state index >= 15 is 4.79 Å². The Morgan fingerprint density at radius 1 is 0.685 bits per heavy atom. The third-order valence-electron chi connectivity index (χ3n) is 9.49. The highest BCUT2D eigenvalue weighted by Gasteiger charge is 2.37. The van der Waals surface area contributed by atoms with E-state index in [4.69, 9.17) is 25.8 Å². The average molecular weight is 749 g/mol. The van der Waals surface area contributed by atoms with Gasteiger partial charge in [0.25, 0.3) is 11.7 Å². The van der Waals surface area contributed by atoms with Crippen LogP contribution in [-0.4, -0.2) is 77.8 Å². The Kier molecular flexibility index (Phi) is 14.2. The molecular formula is C43H45ClN4O6. The molecule has 0 aliphatic carbocycles. The number of aromatic nitrogens is 2. The van der Waals surface area contributed by atoms with E-state index in [0.29, 0.717) is 30.7 Å². The molecule has 11 heteroatoms. The van der Waals surface area contributed by atoms with Crippen LogP contribution in [0.1, 0.15) is 45.5 Å². The fourth-order valence-electron chi connectivity index (χ4n) is 6.45. The lowest BCUT2D eigenvalue weighted by molar-refractivity contribution is -0.145. The first-order valence-corrected chi connectivity index (χ1v) is 18.1. The summed E-state index contributed by atoms with van der Waals surface area (Å²) < 4.78 is 16.3. The number of aryl methyl sites for hydroxylation is 2. The molecule has 280 valence electrons. The molecule has 0 saturated heterocycles. The minimum absolute atomic E-state index is 0.0397. The third-order valence-corrected chi connectivity index (χ3v) is 9.74. The van der Waals surface area contributed by atoms with Crippen LogP contribution in [0, 0.1) is 0 Å². The fraction of sp³-hybridized carbons (Fsp3) is 0.279. The van der Waals surface area contributed by atoms with Crippen LogP contribution in [0.5, 0.6) is 17.2 Å². The predicted molar refractivity (Wildman–Crippen MR) is 208 cm³/mol. The quantitative estimate of drug-likeness (QED) is 0.0692. The summed E-state index contributed by atoms with van der Waals surface area (Å²) in [4.78, 5) is 54.9. The molecule has 2 aromatic heterocycles. The number of hydrogen-bond acceptors (Lipinski definition) is 8. The van der Waals surface area contributed by atoms with Gasteiger partial charge in [-0.25, -0.2) is 0 Å². The Hall–Kier alpha value is -5.74. The number of amides is 2. The first-order valence-electron chi connectivity index (χ1n) is 17.7. The van der Waals surface area contributed by atoms with Crippen molar-refractivity contribution in [2.75, 3.05) is 28.4 Å². The van der Waals surface area contributed by atoms with Gasteiger partial charge in [-0.15, -0.1) is 0 Å². The number of ketones is 1. The van der Waals surface area contributed by atoms with Crippen molar-refractivity contribution in [3.8, 4) is 17.2 Å². The lowest BCUT2D eigenvalue weighted by Crippen LogP contribution is -2.54. The molecule has 0 saturated carbocycles. The molecule has 2 amide bonds. The number of methoxy groups -OCH3 is 3. The van der Waals surface area contributed by atoms with Crippen LogP contribution in [0.15, 0.2) is 116 Å². The van der Waals surface area contributed by atoms with E-state index in [-0.39, 0.29) is 47.7 Å². The third kappa shape index (κ3) is 10.2. The van der Waals surface area contributed by atoms with Crippen molar-refractivity contribution in [2.45, 2.75) is 50.7 Å². The largest absolute Gasteiger partial charge is 0.493 e. The van der Waals surface area contributed by atoms with Gasteiger partial charge in [-0.3, -0.25) is 24.4 Å². The highest BCUT2D eigenvalue weighted by Crippen LogP contribution is 2.38. The molecule has 0 aliphatic rings. The Morgan fingerprint density at radius 3 is 1.72 bits per heavy atom. The van der Waals surface area contributed by atoms with Crippen molar-refractivity contribution >= 4 is 29.2 Å². The number of carbonyl (C=O) groups excluding carboxylic acids is 3. The maximum absolute atomic E-state index is 15.3. The number of benzene rings is 3. The molecule has 0 bridgehead atoms. The Morgan fingerprint density at radius 2 is 1.22 bits per heavy atom. The monoisotopic (exact) mass is 748 g/mol. The minimum Gasteiger partial charge on any atom is -0.493 e. The highest BCUT2D eigenvalue weighted by molar-refractivity contribution is 6.43. The number of likely N-dealkylation sites (N-methyl/N-ethyl adjacent to an activating group) is 1. The highest BCUT2D eigenvalue weighted by atomic mass is 35.5. The Labute approximate surface area is 321 Å². The normalized spacial score (nSPS) is 11.4. The number of nitrogens with zero attached hydrogens (tertiary/aromatic N) is 4. The zero-order valence-electron chi connectivity index (χ0n) is 31.0. The summed E-state index contributed by atoms with van der Waals surface area (Å²) in [5.74, 6) is -1.21. The number of hydrogen-bond donors (Lipinski definition) is 0. The Bertz CT molecular complexity index is 1910. The first kappa shape index (κ1) is 39.5. The molecule has 0 N–H and O–H groups in total. The molecule has 0 radical (unpaired) electrons. The van der Waals surface area contributed by atoms with Crippen LogP contribution in [0.2, 0.25) is 5.02 Å². The average Bonchev–Trinajstić information content (AvgIpc) is 3.22. The summed E-state index contributed by atoms with van der Waals surface area (Å²) in [6.07, 6.45) is 9.93. The van der Waals surface area contributed by atoms with Gasteiger partial charge < -0.3 is 24.0 Å². The van der Waals surface area contributed by atoms with Crippen molar-refractivity contribution in [3.63, 3.8) is 0 Å². The van der Waals surface area contributed by atoms with E-state index in [9.17, 15) is 9.59 Å². The summed E-state index contributed by atoms with van der Waals surface area (Å²) in [7, 11) is 5.83. The van der Waals surface area contributed by atoms with Gasteiger partial charge in [0.1, 0.15) is 6.04 Å². The molecule has 0 aliphatic heterocycles. The smallest absolute Gasteiger partial charge is 0.295 e. The van der Waals surface area contributed by atoms with Gasteiger partial charge in [0.05, 0.1) is 21.3 Å². The van der Waals surface area contributed by atoms with Crippen LogP contribution in [0.25, 0.3) is 0 Å². The molecule has 0 spiro atoms. The molecule has 2 heterocycles. The summed E-state index contributed by atoms with van der Waals surface area (Å²) >= 11 is 6.27. The number of halogens is 1. The van der Waals surface area contributed by atoms with E-state index in [1.807, 2.05) is 71.6 Å². The van der Waals surface area contributed by atoms with Crippen LogP contribution in [0.4, 0.5) is 0 Å². The topological polar surface area (TPSA) is 111 Å². The minimum atomic E-state index is -1.03. The predicted octanol–water partition coefficient (Wildman–Crippen LogP) is 7.07. The number of carbonyl (C=O) groups is 3. The van der Waals surface area contributed by atoms with Gasteiger partial charge in [-0.2, -0.15) is 0 Å². The van der Waals surface area contributed by atoms with E-state index in [1.54, 1.807) is 36.9 Å². The lowest BCUT2D eigenvalue weighted by atomic mass is 9.95. The molecule has 0 fully saturated rings. The molecule has 5 rings (SSSR count). The van der Waals surface area contributed by atoms with E-state index < -0.39 is 17.7 Å². The molecular weight excluding hydrogens is 704 g/mol. The van der Waals surface area contributed by atoms with E-state index in [1.165, 1.54) is 45.4 Å². The van der Waals surface area contributed by atoms with Gasteiger partial charge in [0.2, 0.25) is 11.7 Å². The fourth-order valence-corrected chi connectivity index (χ4v) is 6.58. The summed E-state index contributed by atoms with van der Waals surface area (Å²) in [5, 5.41) is 0.584. The molecule has 1 atom stereocenters. The zero-order chi connectivity index (χ0) is 38.5. The van der Waals surface area contributed by atoms with Crippen LogP contribution in [-0.2, 0) is 35.4 Å². The van der Waals surface area contributed by atoms with E-state index in [0.717, 1.165) is 22.3 Å². The molecule has 10 nitrogen and oxygen atoms in total. The van der Waals surface area contributed by atoms with Gasteiger partial charge in [0.15, 0.2) is 11.5 Å². The van der Waals surface area contributed by atoms with Gasteiger partial charge in [-0.05, 0) is 96.5 Å². The second-order valence-corrected chi connectivity index (χ2v) is 13.3. The molecule has 1 unspecified atom stereocenters. The van der Waals surface area contributed by atoms with Crippen molar-refractivity contribution in [3.05, 3.63) is 149 Å². The second-order valence-electron chi connectivity index (χ2n) is 12.9. The van der Waals surface area contributed by atoms with Gasteiger partial charge in [0, 0.05) is 61.4 Å². The number of rotatable bonds is 18. The van der Waals surface area contributed by atoms with Crippen molar-refractivity contribution in [2.24, 2.45) is 0 Å². The first-order chi connectivity index (χ1) is 26.2. The van der Waals surface area contributed by atoms with Gasteiger partial charge >= 0.3 is 0 Å².